The van der Waals surface area contributed by atoms with E-state index in [0.29, 0.717) is 18.1 Å². The van der Waals surface area contributed by atoms with Gasteiger partial charge in [-0.25, -0.2) is 0 Å². The molecule has 0 spiro atoms. The monoisotopic (exact) mass is 284 g/mol. The second-order valence-electron chi connectivity index (χ2n) is 5.07. The Kier molecular flexibility index (Phi) is 4.39. The van der Waals surface area contributed by atoms with Crippen molar-refractivity contribution in [1.82, 2.24) is 5.32 Å². The van der Waals surface area contributed by atoms with Crippen LogP contribution in [0.15, 0.2) is 18.2 Å². The zero-order chi connectivity index (χ0) is 13.9. The summed E-state index contributed by atoms with van der Waals surface area (Å²) >= 11 is 6.00. The third-order valence-corrected chi connectivity index (χ3v) is 3.90. The Morgan fingerprint density at radius 2 is 2.11 bits per heavy atom. The second-order valence-corrected chi connectivity index (χ2v) is 5.48. The average Bonchev–Trinajstić information content (AvgIpc) is 2.78. The smallest absolute Gasteiger partial charge is 0.270 e. The van der Waals surface area contributed by atoms with E-state index in [1.807, 2.05) is 0 Å². The Labute approximate surface area is 116 Å². The van der Waals surface area contributed by atoms with Crippen molar-refractivity contribution in [3.05, 3.63) is 38.9 Å². The largest absolute Gasteiger partial charge is 0.389 e. The zero-order valence-electron chi connectivity index (χ0n) is 10.6. The van der Waals surface area contributed by atoms with Crippen molar-refractivity contribution in [1.29, 1.82) is 0 Å². The van der Waals surface area contributed by atoms with Crippen LogP contribution in [0.5, 0.6) is 0 Å². The minimum Gasteiger partial charge on any atom is -0.389 e. The molecular weight excluding hydrogens is 268 g/mol. The predicted molar refractivity (Wildman–Crippen MR) is 73.2 cm³/mol. The fraction of sp³-hybridized carbons (Fsp3) is 0.538. The van der Waals surface area contributed by atoms with Gasteiger partial charge in [-0.1, -0.05) is 24.4 Å². The summed E-state index contributed by atoms with van der Waals surface area (Å²) < 4.78 is 0. The minimum atomic E-state index is -0.604. The Hall–Kier alpha value is -1.17. The summed E-state index contributed by atoms with van der Waals surface area (Å²) in [5.41, 5.74) is 0.185. The lowest BCUT2D eigenvalue weighted by atomic mass is 10.0. The van der Waals surface area contributed by atoms with E-state index in [4.69, 9.17) is 11.6 Å². The maximum Gasteiger partial charge on any atom is 0.270 e. The molecule has 2 rings (SSSR count). The van der Waals surface area contributed by atoms with Gasteiger partial charge in [-0.3, -0.25) is 10.1 Å². The molecule has 104 valence electrons. The number of rotatable bonds is 5. The SMILES string of the molecule is O=[N+]([O-])c1ccc(CNCC2(O)CCCC2)c(Cl)c1. The van der Waals surface area contributed by atoms with E-state index >= 15 is 0 Å². The van der Waals surface area contributed by atoms with Crippen LogP contribution in [-0.4, -0.2) is 22.2 Å². The number of hydrogen-bond acceptors (Lipinski definition) is 4. The number of nitro benzene ring substituents is 1. The van der Waals surface area contributed by atoms with Crippen LogP contribution in [0.2, 0.25) is 5.02 Å². The van der Waals surface area contributed by atoms with Crippen molar-refractivity contribution >= 4 is 17.3 Å². The first-order chi connectivity index (χ1) is 9.00. The van der Waals surface area contributed by atoms with E-state index in [-0.39, 0.29) is 5.69 Å². The number of nitro groups is 1. The van der Waals surface area contributed by atoms with Gasteiger partial charge in [-0.05, 0) is 24.5 Å². The molecule has 1 saturated carbocycles. The van der Waals surface area contributed by atoms with Gasteiger partial charge in [0.15, 0.2) is 0 Å². The van der Waals surface area contributed by atoms with E-state index in [1.165, 1.54) is 12.1 Å². The van der Waals surface area contributed by atoms with Crippen LogP contribution in [0, 0.1) is 10.1 Å². The van der Waals surface area contributed by atoms with E-state index in [1.54, 1.807) is 6.07 Å². The molecular formula is C13H17ClN2O3. The highest BCUT2D eigenvalue weighted by molar-refractivity contribution is 6.31. The molecule has 1 aliphatic rings. The molecule has 2 N–H and O–H groups in total. The highest BCUT2D eigenvalue weighted by Crippen LogP contribution is 2.29. The average molecular weight is 285 g/mol. The first kappa shape index (κ1) is 14.2. The Bertz CT molecular complexity index is 473. The summed E-state index contributed by atoms with van der Waals surface area (Å²) in [6.45, 7) is 1.03. The van der Waals surface area contributed by atoms with Gasteiger partial charge in [-0.15, -0.1) is 0 Å². The fourth-order valence-corrected chi connectivity index (χ4v) is 2.67. The number of benzene rings is 1. The molecule has 0 radical (unpaired) electrons. The van der Waals surface area contributed by atoms with Crippen LogP contribution in [0.25, 0.3) is 0 Å². The van der Waals surface area contributed by atoms with Gasteiger partial charge in [-0.2, -0.15) is 0 Å². The number of halogens is 1. The first-order valence-electron chi connectivity index (χ1n) is 6.36. The van der Waals surface area contributed by atoms with Crippen molar-refractivity contribution in [2.75, 3.05) is 6.54 Å². The molecule has 0 amide bonds. The van der Waals surface area contributed by atoms with Gasteiger partial charge < -0.3 is 10.4 Å². The van der Waals surface area contributed by atoms with E-state index < -0.39 is 10.5 Å². The quantitative estimate of drug-likeness (QED) is 0.644. The van der Waals surface area contributed by atoms with Gasteiger partial charge in [0.25, 0.3) is 5.69 Å². The molecule has 0 saturated heterocycles. The normalized spacial score (nSPS) is 17.6. The van der Waals surface area contributed by atoms with Gasteiger partial charge in [0.2, 0.25) is 0 Å². The molecule has 6 heteroatoms. The molecule has 19 heavy (non-hydrogen) atoms. The number of aliphatic hydroxyl groups is 1. The molecule has 0 aliphatic heterocycles. The molecule has 1 aromatic rings. The Morgan fingerprint density at radius 3 is 2.68 bits per heavy atom. The van der Waals surface area contributed by atoms with Crippen LogP contribution in [0.4, 0.5) is 5.69 Å². The first-order valence-corrected chi connectivity index (χ1v) is 6.74. The lowest BCUT2D eigenvalue weighted by molar-refractivity contribution is -0.384. The molecule has 0 unspecified atom stereocenters. The molecule has 0 heterocycles. The van der Waals surface area contributed by atoms with Crippen LogP contribution >= 0.6 is 11.6 Å². The molecule has 1 aromatic carbocycles. The van der Waals surface area contributed by atoms with Crippen molar-refractivity contribution in [3.63, 3.8) is 0 Å². The molecule has 1 aliphatic carbocycles. The van der Waals surface area contributed by atoms with Crippen LogP contribution < -0.4 is 5.32 Å². The minimum absolute atomic E-state index is 0.0110. The third kappa shape index (κ3) is 3.65. The van der Waals surface area contributed by atoms with Crippen molar-refractivity contribution in [2.24, 2.45) is 0 Å². The summed E-state index contributed by atoms with van der Waals surface area (Å²) in [6, 6.07) is 4.43. The summed E-state index contributed by atoms with van der Waals surface area (Å²) in [5.74, 6) is 0. The topological polar surface area (TPSA) is 75.4 Å². The number of hydrogen-bond donors (Lipinski definition) is 2. The lowest BCUT2D eigenvalue weighted by Crippen LogP contribution is -2.37. The standard InChI is InChI=1S/C13H17ClN2O3/c14-12-7-11(16(18)19)4-3-10(12)8-15-9-13(17)5-1-2-6-13/h3-4,7,15,17H,1-2,5-6,8-9H2. The second kappa shape index (κ2) is 5.86. The molecule has 0 atom stereocenters. The summed E-state index contributed by atoms with van der Waals surface area (Å²) in [7, 11) is 0. The Balaban J connectivity index is 1.91. The number of nitrogens with zero attached hydrogens (tertiary/aromatic N) is 1. The van der Waals surface area contributed by atoms with Crippen molar-refractivity contribution in [3.8, 4) is 0 Å². The predicted octanol–water partition coefficient (Wildman–Crippen LogP) is 2.64. The lowest BCUT2D eigenvalue weighted by Gasteiger charge is -2.22. The zero-order valence-corrected chi connectivity index (χ0v) is 11.3. The van der Waals surface area contributed by atoms with Crippen molar-refractivity contribution in [2.45, 2.75) is 37.8 Å². The highest BCUT2D eigenvalue weighted by atomic mass is 35.5. The van der Waals surface area contributed by atoms with Gasteiger partial charge in [0, 0.05) is 25.2 Å². The van der Waals surface area contributed by atoms with Crippen LogP contribution in [-0.2, 0) is 6.54 Å². The number of non-ortho nitro benzene ring substituents is 1. The van der Waals surface area contributed by atoms with E-state index in [9.17, 15) is 15.2 Å². The number of nitrogens with one attached hydrogen (secondary N) is 1. The van der Waals surface area contributed by atoms with Gasteiger partial charge in [0.05, 0.1) is 15.5 Å². The maximum absolute atomic E-state index is 10.6. The molecule has 1 fully saturated rings. The maximum atomic E-state index is 10.6. The Morgan fingerprint density at radius 1 is 1.42 bits per heavy atom. The molecule has 5 nitrogen and oxygen atoms in total. The fourth-order valence-electron chi connectivity index (χ4n) is 2.43. The van der Waals surface area contributed by atoms with Crippen LogP contribution in [0.3, 0.4) is 0 Å². The molecule has 0 aromatic heterocycles. The molecule has 0 bridgehead atoms. The van der Waals surface area contributed by atoms with Crippen LogP contribution in [0.1, 0.15) is 31.2 Å². The summed E-state index contributed by atoms with van der Waals surface area (Å²) in [5, 5.41) is 24.3. The summed E-state index contributed by atoms with van der Waals surface area (Å²) in [6.07, 6.45) is 3.79. The summed E-state index contributed by atoms with van der Waals surface area (Å²) in [4.78, 5) is 10.1. The highest BCUT2D eigenvalue weighted by Gasteiger charge is 2.30. The van der Waals surface area contributed by atoms with E-state index in [2.05, 4.69) is 5.32 Å². The van der Waals surface area contributed by atoms with Gasteiger partial charge >= 0.3 is 0 Å². The van der Waals surface area contributed by atoms with Gasteiger partial charge in [0.1, 0.15) is 0 Å². The van der Waals surface area contributed by atoms with E-state index in [0.717, 1.165) is 31.2 Å². The third-order valence-electron chi connectivity index (χ3n) is 3.55. The van der Waals surface area contributed by atoms with Crippen molar-refractivity contribution < 1.29 is 10.0 Å².